The topological polar surface area (TPSA) is 68.4 Å². The molecule has 1 N–H and O–H groups in total. The second kappa shape index (κ2) is 8.43. The summed E-state index contributed by atoms with van der Waals surface area (Å²) < 4.78 is 42.4. The fourth-order valence-electron chi connectivity index (χ4n) is 4.04. The van der Waals surface area contributed by atoms with Crippen LogP contribution in [0.1, 0.15) is 27.2 Å². The third kappa shape index (κ3) is 4.16. The van der Waals surface area contributed by atoms with Gasteiger partial charge < -0.3 is 9.88 Å². The Morgan fingerprint density at radius 1 is 0.971 bits per heavy atom. The van der Waals surface area contributed by atoms with Crippen LogP contribution in [0.3, 0.4) is 0 Å². The van der Waals surface area contributed by atoms with Gasteiger partial charge in [0.1, 0.15) is 17.0 Å². The highest BCUT2D eigenvalue weighted by molar-refractivity contribution is 6.06. The van der Waals surface area contributed by atoms with Crippen molar-refractivity contribution in [1.82, 2.24) is 14.0 Å². The van der Waals surface area contributed by atoms with Crippen molar-refractivity contribution in [2.24, 2.45) is 0 Å². The number of anilines is 1. The number of carbonyl (C=O) groups excluding carboxylic acids is 1. The van der Waals surface area contributed by atoms with Crippen molar-refractivity contribution in [1.29, 1.82) is 0 Å². The van der Waals surface area contributed by atoms with E-state index in [-0.39, 0.29) is 28.9 Å². The number of halogens is 3. The number of carbonyl (C=O) groups is 1. The summed E-state index contributed by atoms with van der Waals surface area (Å²) in [5.41, 5.74) is 1.32. The van der Waals surface area contributed by atoms with E-state index in [1.165, 1.54) is 22.6 Å². The highest BCUT2D eigenvalue weighted by atomic mass is 19.4. The minimum atomic E-state index is -4.54. The van der Waals surface area contributed by atoms with E-state index in [2.05, 4.69) is 10.3 Å². The second-order valence-electron chi connectivity index (χ2n) is 8.17. The molecule has 176 valence electrons. The highest BCUT2D eigenvalue weighted by Crippen LogP contribution is 2.31. The maximum absolute atomic E-state index is 13.3. The lowest BCUT2D eigenvalue weighted by Crippen LogP contribution is -2.19. The van der Waals surface area contributed by atoms with Crippen molar-refractivity contribution in [2.45, 2.75) is 19.6 Å². The first-order valence-electron chi connectivity index (χ1n) is 10.8. The molecule has 35 heavy (non-hydrogen) atoms. The molecule has 2 aromatic carbocycles. The van der Waals surface area contributed by atoms with Crippen molar-refractivity contribution >= 4 is 28.3 Å². The zero-order valence-electron chi connectivity index (χ0n) is 18.5. The van der Waals surface area contributed by atoms with Gasteiger partial charge >= 0.3 is 6.18 Å². The van der Waals surface area contributed by atoms with Crippen LogP contribution in [0.25, 0.3) is 16.7 Å². The number of pyridine rings is 1. The molecule has 0 saturated carbocycles. The predicted molar refractivity (Wildman–Crippen MR) is 127 cm³/mol. The Labute approximate surface area is 197 Å². The first-order chi connectivity index (χ1) is 16.7. The van der Waals surface area contributed by atoms with E-state index in [1.54, 1.807) is 16.8 Å². The van der Waals surface area contributed by atoms with Crippen molar-refractivity contribution in [3.05, 3.63) is 112 Å². The van der Waals surface area contributed by atoms with Crippen molar-refractivity contribution in [3.63, 3.8) is 0 Å². The average molecular weight is 476 g/mol. The lowest BCUT2D eigenvalue weighted by molar-refractivity contribution is -0.137. The van der Waals surface area contributed by atoms with E-state index in [4.69, 9.17) is 0 Å². The summed E-state index contributed by atoms with van der Waals surface area (Å²) in [6, 6.07) is 18.7. The highest BCUT2D eigenvalue weighted by Gasteiger charge is 2.30. The van der Waals surface area contributed by atoms with Gasteiger partial charge in [-0.15, -0.1) is 0 Å². The molecule has 3 heterocycles. The van der Waals surface area contributed by atoms with Crippen LogP contribution in [0, 0.1) is 6.92 Å². The Morgan fingerprint density at radius 2 is 1.74 bits per heavy atom. The summed E-state index contributed by atoms with van der Waals surface area (Å²) in [4.78, 5) is 31.2. The van der Waals surface area contributed by atoms with E-state index in [9.17, 15) is 22.8 Å². The summed E-state index contributed by atoms with van der Waals surface area (Å²) in [7, 11) is 0. The summed E-state index contributed by atoms with van der Waals surface area (Å²) in [5, 5.41) is 2.77. The van der Waals surface area contributed by atoms with Gasteiger partial charge in [0, 0.05) is 18.4 Å². The minimum absolute atomic E-state index is 0.00738. The number of amides is 1. The number of aromatic nitrogens is 3. The van der Waals surface area contributed by atoms with Gasteiger partial charge in [0.15, 0.2) is 0 Å². The number of nitrogens with one attached hydrogen (secondary N) is 1. The summed E-state index contributed by atoms with van der Waals surface area (Å²) in [5.74, 6) is -0.650. The van der Waals surface area contributed by atoms with Crippen molar-refractivity contribution in [3.8, 4) is 0 Å². The number of hydrogen-bond acceptors (Lipinski definition) is 3. The van der Waals surface area contributed by atoms with E-state index in [0.29, 0.717) is 11.3 Å². The quantitative estimate of drug-likeness (QED) is 0.384. The van der Waals surface area contributed by atoms with Gasteiger partial charge in [-0.1, -0.05) is 42.5 Å². The van der Waals surface area contributed by atoms with E-state index >= 15 is 0 Å². The van der Waals surface area contributed by atoms with Gasteiger partial charge in [-0.2, -0.15) is 13.2 Å². The molecule has 9 heteroatoms. The van der Waals surface area contributed by atoms with Crippen molar-refractivity contribution < 1.29 is 18.0 Å². The van der Waals surface area contributed by atoms with Gasteiger partial charge in [-0.25, -0.2) is 4.98 Å². The standard InChI is InChI=1S/C26H19F3N4O2/c1-16-7-6-12-32-22(16)31-23-20(25(32)35)14-21(33(23)15-17-8-3-2-4-9-17)24(34)30-19-11-5-10-18(13-19)26(27,28)29/h2-14H,15H2,1H3,(H,30,34). The zero-order chi connectivity index (χ0) is 24.7. The number of nitrogens with zero attached hydrogens (tertiary/aromatic N) is 3. The van der Waals surface area contributed by atoms with Crippen LogP contribution in [0.5, 0.6) is 0 Å². The van der Waals surface area contributed by atoms with Gasteiger partial charge in [0.2, 0.25) is 0 Å². The molecule has 0 aliphatic heterocycles. The smallest absolute Gasteiger partial charge is 0.321 e. The van der Waals surface area contributed by atoms with Crippen LogP contribution < -0.4 is 10.9 Å². The summed E-state index contributed by atoms with van der Waals surface area (Å²) in [6.45, 7) is 2.07. The van der Waals surface area contributed by atoms with E-state index < -0.39 is 17.6 Å². The summed E-state index contributed by atoms with van der Waals surface area (Å²) >= 11 is 0. The number of benzene rings is 2. The minimum Gasteiger partial charge on any atom is -0.321 e. The third-order valence-corrected chi connectivity index (χ3v) is 5.76. The first-order valence-corrected chi connectivity index (χ1v) is 10.8. The molecule has 0 fully saturated rings. The molecule has 0 radical (unpaired) electrons. The van der Waals surface area contributed by atoms with Crippen molar-refractivity contribution in [2.75, 3.05) is 5.32 Å². The molecular weight excluding hydrogens is 457 g/mol. The maximum Gasteiger partial charge on any atom is 0.416 e. The van der Waals surface area contributed by atoms with Crippen LogP contribution in [0.2, 0.25) is 0 Å². The molecule has 5 aromatic rings. The Morgan fingerprint density at radius 3 is 2.49 bits per heavy atom. The average Bonchev–Trinajstić information content (AvgIpc) is 3.19. The molecule has 0 atom stereocenters. The number of hydrogen-bond donors (Lipinski definition) is 1. The molecule has 5 rings (SSSR count). The van der Waals surface area contributed by atoms with Gasteiger partial charge in [0.25, 0.3) is 11.5 Å². The second-order valence-corrected chi connectivity index (χ2v) is 8.17. The molecular formula is C26H19F3N4O2. The van der Waals surface area contributed by atoms with Gasteiger partial charge in [-0.05, 0) is 48.4 Å². The molecule has 0 unspecified atom stereocenters. The third-order valence-electron chi connectivity index (χ3n) is 5.76. The SMILES string of the molecule is Cc1cccn2c(=O)c3cc(C(=O)Nc4cccc(C(F)(F)F)c4)n(Cc4ccccc4)c3nc12. The summed E-state index contributed by atoms with van der Waals surface area (Å²) in [6.07, 6.45) is -2.94. The molecule has 0 aliphatic rings. The van der Waals surface area contributed by atoms with Crippen LogP contribution >= 0.6 is 0 Å². The number of rotatable bonds is 4. The van der Waals surface area contributed by atoms with Crippen LogP contribution in [0.15, 0.2) is 83.8 Å². The fraction of sp³-hybridized carbons (Fsp3) is 0.115. The number of fused-ring (bicyclic) bond motifs is 2. The van der Waals surface area contributed by atoms with Gasteiger partial charge in [0.05, 0.1) is 10.9 Å². The first kappa shape index (κ1) is 22.4. The van der Waals surface area contributed by atoms with Crippen LogP contribution in [-0.2, 0) is 12.7 Å². The normalized spacial score (nSPS) is 11.8. The van der Waals surface area contributed by atoms with Crippen LogP contribution in [-0.4, -0.2) is 19.9 Å². The Kier molecular flexibility index (Phi) is 5.39. The molecule has 0 aliphatic carbocycles. The molecule has 0 bridgehead atoms. The van der Waals surface area contributed by atoms with Crippen LogP contribution in [0.4, 0.5) is 18.9 Å². The number of aryl methyl sites for hydroxylation is 1. The largest absolute Gasteiger partial charge is 0.416 e. The zero-order valence-corrected chi connectivity index (χ0v) is 18.5. The Balaban J connectivity index is 1.66. The monoisotopic (exact) mass is 476 g/mol. The predicted octanol–water partition coefficient (Wildman–Crippen LogP) is 5.28. The Bertz CT molecular complexity index is 1640. The lowest BCUT2D eigenvalue weighted by atomic mass is 10.2. The molecule has 3 aromatic heterocycles. The number of alkyl halides is 3. The van der Waals surface area contributed by atoms with E-state index in [0.717, 1.165) is 23.3 Å². The molecule has 0 spiro atoms. The maximum atomic E-state index is 13.3. The molecule has 0 saturated heterocycles. The Hall–Kier alpha value is -4.40. The molecule has 6 nitrogen and oxygen atoms in total. The molecule has 1 amide bonds. The lowest BCUT2D eigenvalue weighted by Gasteiger charge is -2.13. The fourth-order valence-corrected chi connectivity index (χ4v) is 4.04. The van der Waals surface area contributed by atoms with E-state index in [1.807, 2.05) is 43.3 Å². The van der Waals surface area contributed by atoms with Gasteiger partial charge in [-0.3, -0.25) is 14.0 Å².